The van der Waals surface area contributed by atoms with Crippen molar-refractivity contribution in [1.29, 1.82) is 0 Å². The third-order valence-corrected chi connectivity index (χ3v) is 2.42. The van der Waals surface area contributed by atoms with Crippen molar-refractivity contribution in [3.05, 3.63) is 53.9 Å². The molecule has 0 unspecified atom stereocenters. The summed E-state index contributed by atoms with van der Waals surface area (Å²) >= 11 is 0. The van der Waals surface area contributed by atoms with Crippen LogP contribution >= 0.6 is 0 Å². The lowest BCUT2D eigenvalue weighted by Crippen LogP contribution is -2.12. The molecule has 1 heterocycles. The van der Waals surface area contributed by atoms with Crippen molar-refractivity contribution in [2.75, 3.05) is 0 Å². The maximum Gasteiger partial charge on any atom is 0.416 e. The standard InChI is InChI=1S/C12H6F6N/c13-11(14,15)8-5-9(12(16,17)18)7-10(6-8)19-3-1-2-4-19/h1,3-7H. The van der Waals surface area contributed by atoms with Crippen LogP contribution in [-0.2, 0) is 12.4 Å². The summed E-state index contributed by atoms with van der Waals surface area (Å²) < 4.78 is 76.7. The minimum Gasteiger partial charge on any atom is -0.323 e. The van der Waals surface area contributed by atoms with Crippen LogP contribution in [0.1, 0.15) is 11.1 Å². The molecule has 0 aliphatic carbocycles. The Morgan fingerprint density at radius 1 is 0.842 bits per heavy atom. The highest BCUT2D eigenvalue weighted by molar-refractivity contribution is 5.42. The van der Waals surface area contributed by atoms with E-state index in [9.17, 15) is 26.3 Å². The second-order valence-corrected chi connectivity index (χ2v) is 3.78. The third kappa shape index (κ3) is 2.91. The smallest absolute Gasteiger partial charge is 0.323 e. The average molecular weight is 278 g/mol. The van der Waals surface area contributed by atoms with Crippen LogP contribution in [0.15, 0.2) is 36.7 Å². The highest BCUT2D eigenvalue weighted by atomic mass is 19.4. The van der Waals surface area contributed by atoms with Gasteiger partial charge in [0.2, 0.25) is 0 Å². The van der Waals surface area contributed by atoms with E-state index in [1.54, 1.807) is 0 Å². The first-order valence-electron chi connectivity index (χ1n) is 5.02. The van der Waals surface area contributed by atoms with Gasteiger partial charge >= 0.3 is 12.4 Å². The fraction of sp³-hybridized carbons (Fsp3) is 0.167. The zero-order chi connectivity index (χ0) is 14.3. The van der Waals surface area contributed by atoms with Gasteiger partial charge in [0.15, 0.2) is 0 Å². The zero-order valence-corrected chi connectivity index (χ0v) is 9.18. The molecule has 1 aromatic carbocycles. The number of halogens is 6. The number of aromatic nitrogens is 1. The van der Waals surface area contributed by atoms with Crippen molar-refractivity contribution in [2.24, 2.45) is 0 Å². The van der Waals surface area contributed by atoms with Crippen LogP contribution in [0.4, 0.5) is 26.3 Å². The van der Waals surface area contributed by atoms with Gasteiger partial charge in [0, 0.05) is 24.1 Å². The van der Waals surface area contributed by atoms with Gasteiger partial charge in [-0.2, -0.15) is 26.3 Å². The number of hydrogen-bond donors (Lipinski definition) is 0. The fourth-order valence-electron chi connectivity index (χ4n) is 1.54. The Kier molecular flexibility index (Phi) is 3.07. The predicted octanol–water partition coefficient (Wildman–Crippen LogP) is 4.32. The van der Waals surface area contributed by atoms with Gasteiger partial charge < -0.3 is 4.57 Å². The first-order chi connectivity index (χ1) is 8.68. The molecule has 0 saturated carbocycles. The summed E-state index contributed by atoms with van der Waals surface area (Å²) in [4.78, 5) is 0. The molecule has 0 fully saturated rings. The molecule has 0 N–H and O–H groups in total. The van der Waals surface area contributed by atoms with E-state index < -0.39 is 23.5 Å². The van der Waals surface area contributed by atoms with E-state index in [1.165, 1.54) is 18.5 Å². The maximum atomic E-state index is 12.6. The number of hydrogen-bond acceptors (Lipinski definition) is 0. The molecule has 0 spiro atoms. The molecule has 1 nitrogen and oxygen atoms in total. The van der Waals surface area contributed by atoms with Gasteiger partial charge in [0.25, 0.3) is 0 Å². The van der Waals surface area contributed by atoms with E-state index in [0.29, 0.717) is 12.1 Å². The first kappa shape index (κ1) is 13.5. The summed E-state index contributed by atoms with van der Waals surface area (Å²) in [5, 5.41) is 0. The Labute approximate surface area is 104 Å². The molecule has 1 radical (unpaired) electrons. The maximum absolute atomic E-state index is 12.6. The van der Waals surface area contributed by atoms with Crippen molar-refractivity contribution < 1.29 is 26.3 Å². The van der Waals surface area contributed by atoms with Crippen molar-refractivity contribution in [3.8, 4) is 5.69 Å². The van der Waals surface area contributed by atoms with Crippen LogP contribution in [-0.4, -0.2) is 4.57 Å². The van der Waals surface area contributed by atoms with E-state index in [4.69, 9.17) is 0 Å². The third-order valence-electron chi connectivity index (χ3n) is 2.42. The highest BCUT2D eigenvalue weighted by Gasteiger charge is 2.37. The molecule has 0 aliphatic heterocycles. The van der Waals surface area contributed by atoms with Gasteiger partial charge in [-0.05, 0) is 24.3 Å². The summed E-state index contributed by atoms with van der Waals surface area (Å²) in [5.41, 5.74) is -2.90. The van der Waals surface area contributed by atoms with Gasteiger partial charge in [-0.1, -0.05) is 0 Å². The summed E-state index contributed by atoms with van der Waals surface area (Å²) in [6.45, 7) is 0. The Balaban J connectivity index is 2.62. The molecular formula is C12H6F6N. The van der Waals surface area contributed by atoms with E-state index in [2.05, 4.69) is 6.07 Å². The average Bonchev–Trinajstić information content (AvgIpc) is 2.79. The van der Waals surface area contributed by atoms with Crippen LogP contribution < -0.4 is 0 Å². The number of nitrogens with zero attached hydrogens (tertiary/aromatic N) is 1. The zero-order valence-electron chi connectivity index (χ0n) is 9.18. The van der Waals surface area contributed by atoms with Crippen molar-refractivity contribution in [3.63, 3.8) is 0 Å². The Hall–Kier alpha value is -1.92. The summed E-state index contributed by atoms with van der Waals surface area (Å²) in [5.74, 6) is 0. The molecule has 2 aromatic rings. The molecule has 7 heteroatoms. The monoisotopic (exact) mass is 278 g/mol. The quantitative estimate of drug-likeness (QED) is 0.685. The number of rotatable bonds is 1. The lowest BCUT2D eigenvalue weighted by Gasteiger charge is -2.14. The normalized spacial score (nSPS) is 12.7. The number of alkyl halides is 6. The lowest BCUT2D eigenvalue weighted by molar-refractivity contribution is -0.143. The molecule has 19 heavy (non-hydrogen) atoms. The molecule has 0 bridgehead atoms. The summed E-state index contributed by atoms with van der Waals surface area (Å²) in [6.07, 6.45) is -7.12. The molecule has 0 saturated heterocycles. The summed E-state index contributed by atoms with van der Waals surface area (Å²) in [6, 6.07) is 5.33. The van der Waals surface area contributed by atoms with Crippen molar-refractivity contribution in [1.82, 2.24) is 4.57 Å². The van der Waals surface area contributed by atoms with Crippen LogP contribution in [0.3, 0.4) is 0 Å². The molecule has 0 atom stereocenters. The van der Waals surface area contributed by atoms with Gasteiger partial charge in [-0.25, -0.2) is 0 Å². The molecule has 101 valence electrons. The molecule has 1 aromatic heterocycles. The van der Waals surface area contributed by atoms with Crippen LogP contribution in [0.25, 0.3) is 5.69 Å². The van der Waals surface area contributed by atoms with Gasteiger partial charge in [-0.3, -0.25) is 0 Å². The number of benzene rings is 1. The minimum absolute atomic E-state index is 0.0940. The Morgan fingerprint density at radius 2 is 1.37 bits per heavy atom. The predicted molar refractivity (Wildman–Crippen MR) is 54.6 cm³/mol. The minimum atomic E-state index is -4.84. The Morgan fingerprint density at radius 3 is 1.74 bits per heavy atom. The second-order valence-electron chi connectivity index (χ2n) is 3.78. The lowest BCUT2D eigenvalue weighted by atomic mass is 10.1. The molecule has 0 aliphatic rings. The van der Waals surface area contributed by atoms with Gasteiger partial charge in [-0.15, -0.1) is 0 Å². The van der Waals surface area contributed by atoms with E-state index in [0.717, 1.165) is 4.57 Å². The van der Waals surface area contributed by atoms with Crippen molar-refractivity contribution in [2.45, 2.75) is 12.4 Å². The van der Waals surface area contributed by atoms with Crippen LogP contribution in [0.2, 0.25) is 0 Å². The molecule has 2 rings (SSSR count). The highest BCUT2D eigenvalue weighted by Crippen LogP contribution is 2.37. The van der Waals surface area contributed by atoms with E-state index in [-0.39, 0.29) is 11.8 Å². The topological polar surface area (TPSA) is 4.93 Å². The largest absolute Gasteiger partial charge is 0.416 e. The Bertz CT molecular complexity index is 533. The van der Waals surface area contributed by atoms with Crippen LogP contribution in [0, 0.1) is 6.07 Å². The molecular weight excluding hydrogens is 272 g/mol. The van der Waals surface area contributed by atoms with E-state index in [1.807, 2.05) is 0 Å². The fourth-order valence-corrected chi connectivity index (χ4v) is 1.54. The first-order valence-corrected chi connectivity index (χ1v) is 5.02. The van der Waals surface area contributed by atoms with Crippen LogP contribution in [0.5, 0.6) is 0 Å². The van der Waals surface area contributed by atoms with E-state index >= 15 is 0 Å². The van der Waals surface area contributed by atoms with Crippen molar-refractivity contribution >= 4 is 0 Å². The second kappa shape index (κ2) is 4.32. The van der Waals surface area contributed by atoms with Gasteiger partial charge in [0.05, 0.1) is 11.1 Å². The molecule has 0 amide bonds. The SMILES string of the molecule is FC(F)(F)c1cc(-n2c[c]cc2)cc(C(F)(F)F)c1. The van der Waals surface area contributed by atoms with Gasteiger partial charge in [0.1, 0.15) is 0 Å². The summed E-state index contributed by atoms with van der Waals surface area (Å²) in [7, 11) is 0.